The van der Waals surface area contributed by atoms with Crippen molar-refractivity contribution in [1.82, 2.24) is 0 Å². The molecule has 4 nitrogen and oxygen atoms in total. The molecule has 0 bridgehead atoms. The van der Waals surface area contributed by atoms with Gasteiger partial charge in [-0.1, -0.05) is 13.8 Å². The minimum atomic E-state index is -0.581. The van der Waals surface area contributed by atoms with E-state index in [-0.39, 0.29) is 18.4 Å². The van der Waals surface area contributed by atoms with E-state index in [1.165, 1.54) is 12.1 Å². The van der Waals surface area contributed by atoms with Crippen LogP contribution in [-0.2, 0) is 16.0 Å². The largest absolute Gasteiger partial charge is 0.486 e. The molecule has 1 aromatic rings. The molecule has 5 heteroatoms. The van der Waals surface area contributed by atoms with Gasteiger partial charge in [0.25, 0.3) is 0 Å². The first-order chi connectivity index (χ1) is 10.2. The van der Waals surface area contributed by atoms with E-state index >= 15 is 0 Å². The van der Waals surface area contributed by atoms with Gasteiger partial charge in [0, 0.05) is 11.6 Å². The van der Waals surface area contributed by atoms with Gasteiger partial charge in [-0.15, -0.1) is 0 Å². The third-order valence-electron chi connectivity index (χ3n) is 3.27. The van der Waals surface area contributed by atoms with Crippen LogP contribution in [0.2, 0.25) is 0 Å². The fraction of sp³-hybridized carbons (Fsp3) is 0.588. The van der Waals surface area contributed by atoms with Crippen molar-refractivity contribution < 1.29 is 23.4 Å². The Hall–Kier alpha value is -1.78. The smallest absolute Gasteiger partial charge is 0.310 e. The van der Waals surface area contributed by atoms with Crippen molar-refractivity contribution >= 4 is 5.97 Å². The van der Waals surface area contributed by atoms with E-state index in [9.17, 15) is 9.18 Å². The van der Waals surface area contributed by atoms with E-state index in [4.69, 9.17) is 14.2 Å². The number of ether oxygens (including phenoxy) is 3. The summed E-state index contributed by atoms with van der Waals surface area (Å²) in [6.07, 6.45) is -0.165. The summed E-state index contributed by atoms with van der Waals surface area (Å²) in [5, 5.41) is 0. The summed E-state index contributed by atoms with van der Waals surface area (Å²) in [5.74, 6) is 0.166. The lowest BCUT2D eigenvalue weighted by Gasteiger charge is -2.30. The molecule has 1 aromatic carbocycles. The molecular formula is C17H23FO4. The topological polar surface area (TPSA) is 44.8 Å². The summed E-state index contributed by atoms with van der Waals surface area (Å²) in [6.45, 7) is 9.80. The monoisotopic (exact) mass is 310 g/mol. The third-order valence-corrected chi connectivity index (χ3v) is 3.27. The molecule has 0 aromatic heterocycles. The zero-order valence-corrected chi connectivity index (χ0v) is 13.7. The number of hydrogen-bond donors (Lipinski definition) is 0. The molecule has 1 aliphatic rings. The second-order valence-corrected chi connectivity index (χ2v) is 6.87. The number of rotatable bonds is 3. The molecule has 0 amide bonds. The number of esters is 1. The summed E-state index contributed by atoms with van der Waals surface area (Å²) < 4.78 is 30.5. The maximum Gasteiger partial charge on any atom is 0.310 e. The Bertz CT molecular complexity index is 561. The second kappa shape index (κ2) is 6.15. The molecule has 0 radical (unpaired) electrons. The minimum Gasteiger partial charge on any atom is -0.486 e. The molecule has 1 aliphatic heterocycles. The van der Waals surface area contributed by atoms with Crippen LogP contribution in [0, 0.1) is 11.7 Å². The van der Waals surface area contributed by atoms with Crippen molar-refractivity contribution in [3.63, 3.8) is 0 Å². The Balaban J connectivity index is 2.25. The number of halogens is 1. The quantitative estimate of drug-likeness (QED) is 0.802. The normalized spacial score (nSPS) is 17.5. The van der Waals surface area contributed by atoms with E-state index < -0.39 is 17.4 Å². The van der Waals surface area contributed by atoms with E-state index in [1.807, 2.05) is 13.8 Å². The van der Waals surface area contributed by atoms with Crippen molar-refractivity contribution in [2.45, 2.75) is 52.7 Å². The van der Waals surface area contributed by atoms with Gasteiger partial charge >= 0.3 is 5.97 Å². The molecular weight excluding hydrogens is 287 g/mol. The van der Waals surface area contributed by atoms with E-state index in [2.05, 4.69) is 0 Å². The molecule has 0 N–H and O–H groups in total. The maximum atomic E-state index is 13.7. The molecule has 0 saturated heterocycles. The molecule has 22 heavy (non-hydrogen) atoms. The Morgan fingerprint density at radius 2 is 2.09 bits per heavy atom. The van der Waals surface area contributed by atoms with Crippen molar-refractivity contribution in [3.8, 4) is 11.5 Å². The highest BCUT2D eigenvalue weighted by Crippen LogP contribution is 2.38. The molecule has 0 fully saturated rings. The lowest BCUT2D eigenvalue weighted by Crippen LogP contribution is -2.34. The van der Waals surface area contributed by atoms with E-state index in [0.717, 1.165) is 0 Å². The minimum absolute atomic E-state index is 0.0501. The lowest BCUT2D eigenvalue weighted by atomic mass is 10.0. The zero-order chi connectivity index (χ0) is 16.5. The van der Waals surface area contributed by atoms with Gasteiger partial charge in [0.2, 0.25) is 0 Å². The Morgan fingerprint density at radius 3 is 2.68 bits per heavy atom. The fourth-order valence-corrected chi connectivity index (χ4v) is 2.21. The lowest BCUT2D eigenvalue weighted by molar-refractivity contribution is -0.153. The first-order valence-electron chi connectivity index (χ1n) is 7.49. The van der Waals surface area contributed by atoms with Gasteiger partial charge in [0.05, 0.1) is 6.42 Å². The van der Waals surface area contributed by atoms with Crippen molar-refractivity contribution in [2.24, 2.45) is 5.92 Å². The average Bonchev–Trinajstić information content (AvgIpc) is 2.35. The van der Waals surface area contributed by atoms with Gasteiger partial charge < -0.3 is 14.2 Å². The average molecular weight is 310 g/mol. The number of hydrogen-bond acceptors (Lipinski definition) is 4. The van der Waals surface area contributed by atoms with Crippen molar-refractivity contribution in [2.75, 3.05) is 6.61 Å². The zero-order valence-electron chi connectivity index (χ0n) is 13.7. The fourth-order valence-electron chi connectivity index (χ4n) is 2.21. The van der Waals surface area contributed by atoms with Crippen LogP contribution in [0.4, 0.5) is 4.39 Å². The summed E-state index contributed by atoms with van der Waals surface area (Å²) in [5.41, 5.74) is -0.128. The summed E-state index contributed by atoms with van der Waals surface area (Å²) in [6, 6.07) is 2.58. The molecule has 122 valence electrons. The summed E-state index contributed by atoms with van der Waals surface area (Å²) >= 11 is 0. The number of benzene rings is 1. The SMILES string of the molecule is CC(C)C1COc2cc(F)cc(CC(=O)OC(C)(C)C)c2O1. The predicted molar refractivity (Wildman–Crippen MR) is 80.7 cm³/mol. The third kappa shape index (κ3) is 4.12. The van der Waals surface area contributed by atoms with Gasteiger partial charge in [-0.3, -0.25) is 4.79 Å². The standard InChI is InChI=1S/C17H23FO4/c1-10(2)14-9-20-13-8-12(18)6-11(16(13)21-14)7-15(19)22-17(3,4)5/h6,8,10,14H,7,9H2,1-5H3. The summed E-state index contributed by atoms with van der Waals surface area (Å²) in [7, 11) is 0. The van der Waals surface area contributed by atoms with Crippen LogP contribution in [0.1, 0.15) is 40.2 Å². The molecule has 2 rings (SSSR count). The highest BCUT2D eigenvalue weighted by Gasteiger charge is 2.28. The van der Waals surface area contributed by atoms with Gasteiger partial charge in [0.1, 0.15) is 24.1 Å². The van der Waals surface area contributed by atoms with Gasteiger partial charge in [-0.05, 0) is 32.8 Å². The first-order valence-corrected chi connectivity index (χ1v) is 7.49. The van der Waals surface area contributed by atoms with Crippen LogP contribution in [-0.4, -0.2) is 24.3 Å². The predicted octanol–water partition coefficient (Wildman–Crippen LogP) is 3.51. The number of carbonyl (C=O) groups is 1. The molecule has 1 heterocycles. The number of carbonyl (C=O) groups excluding carboxylic acids is 1. The van der Waals surface area contributed by atoms with Crippen LogP contribution in [0.25, 0.3) is 0 Å². The maximum absolute atomic E-state index is 13.7. The van der Waals surface area contributed by atoms with Crippen molar-refractivity contribution in [3.05, 3.63) is 23.5 Å². The summed E-state index contributed by atoms with van der Waals surface area (Å²) in [4.78, 5) is 12.0. The Morgan fingerprint density at radius 1 is 1.41 bits per heavy atom. The van der Waals surface area contributed by atoms with Crippen molar-refractivity contribution in [1.29, 1.82) is 0 Å². The van der Waals surface area contributed by atoms with Gasteiger partial charge in [-0.25, -0.2) is 4.39 Å². The number of fused-ring (bicyclic) bond motifs is 1. The van der Waals surface area contributed by atoms with E-state index in [0.29, 0.717) is 23.7 Å². The van der Waals surface area contributed by atoms with Crippen LogP contribution >= 0.6 is 0 Å². The van der Waals surface area contributed by atoms with Crippen LogP contribution in [0.3, 0.4) is 0 Å². The highest BCUT2D eigenvalue weighted by molar-refractivity contribution is 5.74. The highest BCUT2D eigenvalue weighted by atomic mass is 19.1. The molecule has 0 aliphatic carbocycles. The Kier molecular flexibility index (Phi) is 4.63. The van der Waals surface area contributed by atoms with Gasteiger partial charge in [0.15, 0.2) is 11.5 Å². The van der Waals surface area contributed by atoms with Crippen LogP contribution in [0.5, 0.6) is 11.5 Å². The van der Waals surface area contributed by atoms with Gasteiger partial charge in [-0.2, -0.15) is 0 Å². The molecule has 0 saturated carbocycles. The molecule has 1 atom stereocenters. The molecule has 1 unspecified atom stereocenters. The second-order valence-electron chi connectivity index (χ2n) is 6.87. The van der Waals surface area contributed by atoms with Crippen LogP contribution in [0.15, 0.2) is 12.1 Å². The Labute approximate surface area is 130 Å². The van der Waals surface area contributed by atoms with E-state index in [1.54, 1.807) is 20.8 Å². The molecule has 0 spiro atoms. The first kappa shape index (κ1) is 16.6. The van der Waals surface area contributed by atoms with Crippen LogP contribution < -0.4 is 9.47 Å².